The summed E-state index contributed by atoms with van der Waals surface area (Å²) >= 11 is 0. The molecule has 1 aromatic carbocycles. The van der Waals surface area contributed by atoms with Gasteiger partial charge in [0.2, 0.25) is 0 Å². The Kier molecular flexibility index (Phi) is 2.94. The molecule has 0 fully saturated rings. The summed E-state index contributed by atoms with van der Waals surface area (Å²) in [5, 5.41) is 11.3. The molecule has 0 atom stereocenters. The fourth-order valence-corrected chi connectivity index (χ4v) is 1.95. The van der Waals surface area contributed by atoms with Crippen molar-refractivity contribution in [2.75, 3.05) is 18.0 Å². The maximum Gasteiger partial charge on any atom is 0.140 e. The SMILES string of the molecule is N/C(CCN1CCc2ccc(F)cc21)=N/O. The van der Waals surface area contributed by atoms with Crippen LogP contribution in [-0.2, 0) is 6.42 Å². The second kappa shape index (κ2) is 4.38. The highest BCUT2D eigenvalue weighted by Crippen LogP contribution is 2.28. The standard InChI is InChI=1S/C11H14FN3O/c12-9-2-1-8-3-5-15(10(8)7-9)6-4-11(13)14-16/h1-2,7,16H,3-6H2,(H2,13,14). The van der Waals surface area contributed by atoms with Crippen LogP contribution in [0.5, 0.6) is 0 Å². The van der Waals surface area contributed by atoms with Crippen LogP contribution >= 0.6 is 0 Å². The van der Waals surface area contributed by atoms with Gasteiger partial charge in [0, 0.05) is 25.2 Å². The van der Waals surface area contributed by atoms with Crippen LogP contribution in [0.25, 0.3) is 0 Å². The molecule has 86 valence electrons. The highest BCUT2D eigenvalue weighted by Gasteiger charge is 2.19. The summed E-state index contributed by atoms with van der Waals surface area (Å²) in [5.74, 6) is -0.0284. The molecule has 0 aromatic heterocycles. The first kappa shape index (κ1) is 10.7. The van der Waals surface area contributed by atoms with Crippen molar-refractivity contribution in [1.82, 2.24) is 0 Å². The summed E-state index contributed by atoms with van der Waals surface area (Å²) < 4.78 is 13.1. The van der Waals surface area contributed by atoms with Crippen LogP contribution < -0.4 is 10.6 Å². The molecule has 5 heteroatoms. The quantitative estimate of drug-likeness (QED) is 0.351. The van der Waals surface area contributed by atoms with Crippen LogP contribution in [-0.4, -0.2) is 24.1 Å². The van der Waals surface area contributed by atoms with Crippen LogP contribution in [0.1, 0.15) is 12.0 Å². The third kappa shape index (κ3) is 2.08. The average molecular weight is 223 g/mol. The number of oxime groups is 1. The Morgan fingerprint density at radius 3 is 3.12 bits per heavy atom. The largest absolute Gasteiger partial charge is 0.409 e. The summed E-state index contributed by atoms with van der Waals surface area (Å²) in [6.07, 6.45) is 1.40. The molecule has 0 bridgehead atoms. The summed E-state index contributed by atoms with van der Waals surface area (Å²) in [6, 6.07) is 4.83. The Bertz CT molecular complexity index is 420. The van der Waals surface area contributed by atoms with Crippen molar-refractivity contribution in [2.24, 2.45) is 10.9 Å². The Labute approximate surface area is 93.2 Å². The maximum atomic E-state index is 13.1. The number of nitrogens with two attached hydrogens (primary N) is 1. The number of hydrogen-bond donors (Lipinski definition) is 2. The number of rotatable bonds is 3. The van der Waals surface area contributed by atoms with E-state index in [0.717, 1.165) is 24.2 Å². The van der Waals surface area contributed by atoms with Gasteiger partial charge in [0.25, 0.3) is 0 Å². The van der Waals surface area contributed by atoms with E-state index in [1.165, 1.54) is 12.1 Å². The van der Waals surface area contributed by atoms with Gasteiger partial charge in [-0.05, 0) is 24.1 Å². The monoisotopic (exact) mass is 223 g/mol. The van der Waals surface area contributed by atoms with Gasteiger partial charge in [-0.3, -0.25) is 0 Å². The number of amidine groups is 1. The lowest BCUT2D eigenvalue weighted by Gasteiger charge is -2.18. The molecule has 1 heterocycles. The van der Waals surface area contributed by atoms with Crippen LogP contribution in [0.4, 0.5) is 10.1 Å². The molecular weight excluding hydrogens is 209 g/mol. The zero-order valence-electron chi connectivity index (χ0n) is 8.86. The zero-order valence-corrected chi connectivity index (χ0v) is 8.86. The molecule has 16 heavy (non-hydrogen) atoms. The van der Waals surface area contributed by atoms with Crippen molar-refractivity contribution in [3.8, 4) is 0 Å². The summed E-state index contributed by atoms with van der Waals surface area (Å²) in [4.78, 5) is 2.05. The summed E-state index contributed by atoms with van der Waals surface area (Å²) in [7, 11) is 0. The predicted molar refractivity (Wildman–Crippen MR) is 60.3 cm³/mol. The summed E-state index contributed by atoms with van der Waals surface area (Å²) in [6.45, 7) is 1.50. The van der Waals surface area contributed by atoms with E-state index in [4.69, 9.17) is 10.9 Å². The first-order valence-electron chi connectivity index (χ1n) is 5.20. The van der Waals surface area contributed by atoms with Gasteiger partial charge in [-0.2, -0.15) is 0 Å². The average Bonchev–Trinajstić information content (AvgIpc) is 2.68. The van der Waals surface area contributed by atoms with Gasteiger partial charge in [0.05, 0.1) is 0 Å². The number of benzene rings is 1. The van der Waals surface area contributed by atoms with Crippen molar-refractivity contribution in [1.29, 1.82) is 0 Å². The molecule has 0 unspecified atom stereocenters. The van der Waals surface area contributed by atoms with Gasteiger partial charge < -0.3 is 15.8 Å². The van der Waals surface area contributed by atoms with Crippen molar-refractivity contribution in [2.45, 2.75) is 12.8 Å². The molecule has 3 N–H and O–H groups in total. The van der Waals surface area contributed by atoms with E-state index in [1.54, 1.807) is 0 Å². The van der Waals surface area contributed by atoms with Crippen molar-refractivity contribution in [3.63, 3.8) is 0 Å². The Morgan fingerprint density at radius 2 is 2.38 bits per heavy atom. The third-order valence-electron chi connectivity index (χ3n) is 2.81. The number of halogens is 1. The van der Waals surface area contributed by atoms with E-state index in [1.807, 2.05) is 6.07 Å². The fraction of sp³-hybridized carbons (Fsp3) is 0.364. The lowest BCUT2D eigenvalue weighted by Crippen LogP contribution is -2.26. The minimum absolute atomic E-state index is 0.199. The molecule has 1 aliphatic heterocycles. The van der Waals surface area contributed by atoms with Crippen molar-refractivity contribution >= 4 is 11.5 Å². The predicted octanol–water partition coefficient (Wildman–Crippen LogP) is 1.32. The number of hydrogen-bond acceptors (Lipinski definition) is 3. The molecule has 2 rings (SSSR count). The lowest BCUT2D eigenvalue weighted by atomic mass is 10.2. The fourth-order valence-electron chi connectivity index (χ4n) is 1.95. The molecule has 0 amide bonds. The third-order valence-corrected chi connectivity index (χ3v) is 2.81. The van der Waals surface area contributed by atoms with E-state index >= 15 is 0 Å². The number of fused-ring (bicyclic) bond motifs is 1. The Hall–Kier alpha value is -1.78. The van der Waals surface area contributed by atoms with Gasteiger partial charge >= 0.3 is 0 Å². The highest BCUT2D eigenvalue weighted by molar-refractivity contribution is 5.80. The van der Waals surface area contributed by atoms with E-state index in [9.17, 15) is 4.39 Å². The van der Waals surface area contributed by atoms with Crippen LogP contribution in [0.2, 0.25) is 0 Å². The number of nitrogens with zero attached hydrogens (tertiary/aromatic N) is 2. The molecule has 0 spiro atoms. The van der Waals surface area contributed by atoms with Gasteiger partial charge in [-0.25, -0.2) is 4.39 Å². The molecule has 0 saturated heterocycles. The normalized spacial score (nSPS) is 15.3. The lowest BCUT2D eigenvalue weighted by molar-refractivity contribution is 0.317. The van der Waals surface area contributed by atoms with Crippen LogP contribution in [0.15, 0.2) is 23.4 Å². The van der Waals surface area contributed by atoms with Gasteiger partial charge in [-0.1, -0.05) is 11.2 Å². The van der Waals surface area contributed by atoms with Gasteiger partial charge in [0.15, 0.2) is 0 Å². The molecule has 1 aliphatic rings. The van der Waals surface area contributed by atoms with Crippen molar-refractivity contribution < 1.29 is 9.60 Å². The smallest absolute Gasteiger partial charge is 0.140 e. The van der Waals surface area contributed by atoms with Crippen LogP contribution in [0, 0.1) is 5.82 Å². The van der Waals surface area contributed by atoms with Gasteiger partial charge in [0.1, 0.15) is 11.7 Å². The maximum absolute atomic E-state index is 13.1. The minimum atomic E-state index is -0.227. The zero-order chi connectivity index (χ0) is 11.5. The Morgan fingerprint density at radius 1 is 1.56 bits per heavy atom. The topological polar surface area (TPSA) is 61.8 Å². The highest BCUT2D eigenvalue weighted by atomic mass is 19.1. The van der Waals surface area contributed by atoms with E-state index in [2.05, 4.69) is 10.1 Å². The molecule has 0 radical (unpaired) electrons. The van der Waals surface area contributed by atoms with Crippen molar-refractivity contribution in [3.05, 3.63) is 29.6 Å². The second-order valence-electron chi connectivity index (χ2n) is 3.85. The first-order chi connectivity index (χ1) is 7.70. The molecule has 4 nitrogen and oxygen atoms in total. The second-order valence-corrected chi connectivity index (χ2v) is 3.85. The first-order valence-corrected chi connectivity index (χ1v) is 5.20. The van der Waals surface area contributed by atoms with E-state index in [-0.39, 0.29) is 11.7 Å². The van der Waals surface area contributed by atoms with E-state index < -0.39 is 0 Å². The Balaban J connectivity index is 2.08. The van der Waals surface area contributed by atoms with Gasteiger partial charge in [-0.15, -0.1) is 0 Å². The molecule has 0 aliphatic carbocycles. The van der Waals surface area contributed by atoms with Crippen LogP contribution in [0.3, 0.4) is 0 Å². The molecule has 1 aromatic rings. The van der Waals surface area contributed by atoms with E-state index in [0.29, 0.717) is 13.0 Å². The number of anilines is 1. The molecule has 0 saturated carbocycles. The molecular formula is C11H14FN3O. The summed E-state index contributed by atoms with van der Waals surface area (Å²) in [5.41, 5.74) is 7.48. The minimum Gasteiger partial charge on any atom is -0.409 e.